The lowest BCUT2D eigenvalue weighted by molar-refractivity contribution is -0.117. The molecule has 238 valence electrons. The number of nitrogens with one attached hydrogen (secondary N) is 2. The second-order valence-corrected chi connectivity index (χ2v) is 12.2. The van der Waals surface area contributed by atoms with Crippen LogP contribution in [0.4, 0.5) is 11.5 Å². The SMILES string of the molecule is C#Cc1ccc(OCc2cccc(OC3CCN(CC(=O)Nc4ccc(C(=O)OC)nc4NCC4(CC#N)CC4)CC3)n2)c(P)c1. The molecule has 0 spiro atoms. The number of amides is 1. The fourth-order valence-electron chi connectivity index (χ4n) is 5.22. The lowest BCUT2D eigenvalue weighted by Crippen LogP contribution is -2.42. The van der Waals surface area contributed by atoms with Crippen molar-refractivity contribution in [3.05, 3.63) is 65.5 Å². The van der Waals surface area contributed by atoms with Crippen molar-refractivity contribution in [3.8, 4) is 30.0 Å². The maximum Gasteiger partial charge on any atom is 0.356 e. The van der Waals surface area contributed by atoms with E-state index in [0.717, 1.165) is 48.0 Å². The van der Waals surface area contributed by atoms with Crippen molar-refractivity contribution in [1.29, 1.82) is 5.26 Å². The summed E-state index contributed by atoms with van der Waals surface area (Å²) >= 11 is 0. The number of nitriles is 1. The summed E-state index contributed by atoms with van der Waals surface area (Å²) in [6.07, 6.45) is 9.28. The molecule has 0 bridgehead atoms. The molecular formula is C34H37N6O5P. The highest BCUT2D eigenvalue weighted by Gasteiger charge is 2.42. The summed E-state index contributed by atoms with van der Waals surface area (Å²) in [6, 6.07) is 16.6. The van der Waals surface area contributed by atoms with Crippen LogP contribution >= 0.6 is 9.24 Å². The first-order valence-corrected chi connectivity index (χ1v) is 15.7. The molecule has 2 fully saturated rings. The Hall–Kier alpha value is -4.70. The number of carbonyl (C=O) groups excluding carboxylic acids is 2. The van der Waals surface area contributed by atoms with Crippen LogP contribution in [-0.2, 0) is 16.1 Å². The van der Waals surface area contributed by atoms with Gasteiger partial charge in [-0.15, -0.1) is 15.7 Å². The van der Waals surface area contributed by atoms with Gasteiger partial charge in [-0.05, 0) is 62.1 Å². The van der Waals surface area contributed by atoms with Gasteiger partial charge in [-0.25, -0.2) is 14.8 Å². The van der Waals surface area contributed by atoms with Crippen molar-refractivity contribution < 1.29 is 23.8 Å². The van der Waals surface area contributed by atoms with Crippen LogP contribution in [0.15, 0.2) is 48.5 Å². The molecule has 2 aliphatic rings. The van der Waals surface area contributed by atoms with Gasteiger partial charge in [0.2, 0.25) is 11.8 Å². The van der Waals surface area contributed by atoms with Gasteiger partial charge in [-0.3, -0.25) is 9.69 Å². The summed E-state index contributed by atoms with van der Waals surface area (Å²) in [5.41, 5.74) is 2.05. The Labute approximate surface area is 271 Å². The predicted molar refractivity (Wildman–Crippen MR) is 177 cm³/mol. The van der Waals surface area contributed by atoms with Crippen LogP contribution in [-0.4, -0.2) is 66.1 Å². The van der Waals surface area contributed by atoms with Crippen LogP contribution in [0.3, 0.4) is 0 Å². The standard InChI is InChI=1S/C34H37N6O5P/c1-3-23-7-10-28(29(46)19-23)44-21-24-5-4-6-31(37-24)45-25-11-17-40(18-12-25)20-30(41)38-26-8-9-27(33(42)43-2)39-32(26)36-22-34(13-14-34)15-16-35/h1,4-10,19,25H,11-15,17-18,20-22,46H2,2H3,(H,36,39)(H,38,41). The minimum atomic E-state index is -0.569. The number of benzene rings is 1. The van der Waals surface area contributed by atoms with E-state index in [1.54, 1.807) is 6.07 Å². The van der Waals surface area contributed by atoms with Gasteiger partial charge >= 0.3 is 5.97 Å². The van der Waals surface area contributed by atoms with Gasteiger partial charge in [-0.1, -0.05) is 12.0 Å². The van der Waals surface area contributed by atoms with E-state index in [0.29, 0.717) is 50.0 Å². The number of methoxy groups -OCH3 is 1. The first-order valence-electron chi connectivity index (χ1n) is 15.1. The lowest BCUT2D eigenvalue weighted by atomic mass is 10.0. The number of ether oxygens (including phenoxy) is 3. The molecule has 3 heterocycles. The van der Waals surface area contributed by atoms with Crippen molar-refractivity contribution in [2.45, 2.75) is 44.8 Å². The summed E-state index contributed by atoms with van der Waals surface area (Å²) in [4.78, 5) is 36.2. The van der Waals surface area contributed by atoms with E-state index in [4.69, 9.17) is 25.9 Å². The number of rotatable bonds is 13. The molecule has 1 atom stereocenters. The maximum atomic E-state index is 13.0. The van der Waals surface area contributed by atoms with E-state index in [-0.39, 0.29) is 29.7 Å². The van der Waals surface area contributed by atoms with Gasteiger partial charge < -0.3 is 24.8 Å². The Morgan fingerprint density at radius 2 is 1.96 bits per heavy atom. The van der Waals surface area contributed by atoms with E-state index in [1.807, 2.05) is 36.4 Å². The minimum Gasteiger partial charge on any atom is -0.487 e. The van der Waals surface area contributed by atoms with E-state index < -0.39 is 5.97 Å². The van der Waals surface area contributed by atoms with Crippen molar-refractivity contribution in [3.63, 3.8) is 0 Å². The molecule has 1 amide bonds. The zero-order chi connectivity index (χ0) is 32.5. The first kappa shape index (κ1) is 32.7. The fraction of sp³-hybridized carbons (Fsp3) is 0.382. The summed E-state index contributed by atoms with van der Waals surface area (Å²) < 4.78 is 16.9. The number of esters is 1. The van der Waals surface area contributed by atoms with Crippen LogP contribution in [0.25, 0.3) is 0 Å². The molecular weight excluding hydrogens is 603 g/mol. The quantitative estimate of drug-likeness (QED) is 0.161. The monoisotopic (exact) mass is 640 g/mol. The number of nitrogens with zero attached hydrogens (tertiary/aromatic N) is 4. The normalized spacial score (nSPS) is 15.6. The molecule has 12 heteroatoms. The Balaban J connectivity index is 1.10. The lowest BCUT2D eigenvalue weighted by Gasteiger charge is -2.31. The molecule has 0 radical (unpaired) electrons. The van der Waals surface area contributed by atoms with Crippen molar-refractivity contribution >= 4 is 37.9 Å². The van der Waals surface area contributed by atoms with Crippen molar-refractivity contribution in [1.82, 2.24) is 14.9 Å². The van der Waals surface area contributed by atoms with Crippen LogP contribution in [0.2, 0.25) is 0 Å². The molecule has 11 nitrogen and oxygen atoms in total. The highest BCUT2D eigenvalue weighted by molar-refractivity contribution is 7.27. The second-order valence-electron chi connectivity index (χ2n) is 11.6. The molecule has 1 aliphatic carbocycles. The zero-order valence-corrected chi connectivity index (χ0v) is 26.9. The number of aromatic nitrogens is 2. The van der Waals surface area contributed by atoms with E-state index in [9.17, 15) is 9.59 Å². The maximum absolute atomic E-state index is 13.0. The molecule has 1 unspecified atom stereocenters. The van der Waals surface area contributed by atoms with Gasteiger partial charge in [0.25, 0.3) is 0 Å². The second kappa shape index (κ2) is 15.1. The van der Waals surface area contributed by atoms with E-state index in [2.05, 4.69) is 46.7 Å². The number of pyridine rings is 2. The van der Waals surface area contributed by atoms with E-state index in [1.165, 1.54) is 13.2 Å². The van der Waals surface area contributed by atoms with Gasteiger partial charge in [0.15, 0.2) is 11.5 Å². The Morgan fingerprint density at radius 3 is 2.65 bits per heavy atom. The minimum absolute atomic E-state index is 0.0213. The van der Waals surface area contributed by atoms with Crippen LogP contribution in [0.1, 0.15) is 53.8 Å². The average molecular weight is 641 g/mol. The van der Waals surface area contributed by atoms with Gasteiger partial charge in [-0.2, -0.15) is 5.26 Å². The molecule has 1 saturated carbocycles. The van der Waals surface area contributed by atoms with Crippen LogP contribution in [0, 0.1) is 29.1 Å². The molecule has 3 aromatic rings. The third kappa shape index (κ3) is 8.72. The molecule has 5 rings (SSSR count). The third-order valence-corrected chi connectivity index (χ3v) is 8.58. The zero-order valence-electron chi connectivity index (χ0n) is 25.8. The van der Waals surface area contributed by atoms with Crippen molar-refractivity contribution in [2.24, 2.45) is 5.41 Å². The van der Waals surface area contributed by atoms with Gasteiger partial charge in [0.05, 0.1) is 31.1 Å². The summed E-state index contributed by atoms with van der Waals surface area (Å²) in [7, 11) is 3.93. The highest BCUT2D eigenvalue weighted by atomic mass is 31.0. The number of hydrogen-bond donors (Lipinski definition) is 2. The van der Waals surface area contributed by atoms with Gasteiger partial charge in [0, 0.05) is 48.4 Å². The molecule has 2 aromatic heterocycles. The molecule has 46 heavy (non-hydrogen) atoms. The van der Waals surface area contributed by atoms with Crippen LogP contribution in [0.5, 0.6) is 11.6 Å². The fourth-order valence-corrected chi connectivity index (χ4v) is 5.58. The molecule has 2 N–H and O–H groups in total. The van der Waals surface area contributed by atoms with E-state index >= 15 is 0 Å². The van der Waals surface area contributed by atoms with Crippen molar-refractivity contribution in [2.75, 3.05) is 43.9 Å². The molecule has 1 saturated heterocycles. The smallest absolute Gasteiger partial charge is 0.356 e. The molecule has 1 aromatic carbocycles. The summed E-state index contributed by atoms with van der Waals surface area (Å²) in [5, 5.41) is 16.2. The largest absolute Gasteiger partial charge is 0.487 e. The highest BCUT2D eigenvalue weighted by Crippen LogP contribution is 2.48. The third-order valence-electron chi connectivity index (χ3n) is 8.13. The number of terminal acetylenes is 1. The average Bonchev–Trinajstić information content (AvgIpc) is 3.84. The molecule has 1 aliphatic heterocycles. The predicted octanol–water partition coefficient (Wildman–Crippen LogP) is 3.91. The summed E-state index contributed by atoms with van der Waals surface area (Å²) in [6.45, 7) is 2.40. The number of anilines is 2. The number of likely N-dealkylation sites (tertiary alicyclic amines) is 1. The summed E-state index contributed by atoms with van der Waals surface area (Å²) in [5.74, 6) is 3.49. The van der Waals surface area contributed by atoms with Gasteiger partial charge in [0.1, 0.15) is 18.5 Å². The number of carbonyl (C=O) groups is 2. The Bertz CT molecular complexity index is 1660. The number of piperidine rings is 1. The topological polar surface area (TPSA) is 139 Å². The first-order chi connectivity index (χ1) is 22.3. The Kier molecular flexibility index (Phi) is 10.7. The number of hydrogen-bond acceptors (Lipinski definition) is 10. The Morgan fingerprint density at radius 1 is 1.15 bits per heavy atom. The van der Waals surface area contributed by atoms with Crippen LogP contribution < -0.4 is 25.4 Å².